The van der Waals surface area contributed by atoms with Gasteiger partial charge in [0.1, 0.15) is 0 Å². The third-order valence-electron chi connectivity index (χ3n) is 0.679. The van der Waals surface area contributed by atoms with Crippen molar-refractivity contribution in [2.24, 2.45) is 5.73 Å². The van der Waals surface area contributed by atoms with E-state index in [1.54, 1.807) is 0 Å². The largest absolute Gasteiger partial charge is 0.330 e. The fourth-order valence-electron chi connectivity index (χ4n) is 0.317. The molecule has 3 N–H and O–H groups in total. The van der Waals surface area contributed by atoms with E-state index in [0.29, 0.717) is 13.0 Å². The van der Waals surface area contributed by atoms with Gasteiger partial charge >= 0.3 is 7.60 Å². The minimum Gasteiger partial charge on any atom is -0.330 e. The predicted octanol–water partition coefficient (Wildman–Crippen LogP) is 0.167. The lowest BCUT2D eigenvalue weighted by Crippen LogP contribution is -2.02. The van der Waals surface area contributed by atoms with Gasteiger partial charge in [-0.1, -0.05) is 0 Å². The third kappa shape index (κ3) is 8.11. The standard InChI is InChI=1S/C4H12NO3P/c1-9(6,7)8-4-2-3-5/h2-5H2,1H3,(H,6,7). The van der Waals surface area contributed by atoms with Crippen LogP contribution in [0.5, 0.6) is 0 Å². The van der Waals surface area contributed by atoms with Crippen LogP contribution >= 0.6 is 7.60 Å². The monoisotopic (exact) mass is 153 g/mol. The SMILES string of the molecule is CP(=O)(O)OCCCN. The fourth-order valence-corrected chi connectivity index (χ4v) is 0.785. The van der Waals surface area contributed by atoms with Crippen LogP contribution in [0, 0.1) is 0 Å². The van der Waals surface area contributed by atoms with E-state index in [1.807, 2.05) is 0 Å². The van der Waals surface area contributed by atoms with Gasteiger partial charge in [-0.05, 0) is 13.0 Å². The van der Waals surface area contributed by atoms with Gasteiger partial charge in [0.05, 0.1) is 6.61 Å². The zero-order valence-electron chi connectivity index (χ0n) is 5.41. The van der Waals surface area contributed by atoms with Crippen molar-refractivity contribution in [1.82, 2.24) is 0 Å². The van der Waals surface area contributed by atoms with Crippen molar-refractivity contribution in [3.8, 4) is 0 Å². The lowest BCUT2D eigenvalue weighted by atomic mass is 10.5. The van der Waals surface area contributed by atoms with Gasteiger partial charge in [0.15, 0.2) is 0 Å². The normalized spacial score (nSPS) is 17.2. The Hall–Kier alpha value is 0.110. The van der Waals surface area contributed by atoms with Gasteiger partial charge in [-0.15, -0.1) is 0 Å². The van der Waals surface area contributed by atoms with E-state index in [4.69, 9.17) is 10.6 Å². The topological polar surface area (TPSA) is 72.5 Å². The summed E-state index contributed by atoms with van der Waals surface area (Å²) in [7, 11) is -3.25. The second-order valence-electron chi connectivity index (χ2n) is 1.78. The second-order valence-corrected chi connectivity index (χ2v) is 3.64. The molecule has 9 heavy (non-hydrogen) atoms. The maximum atomic E-state index is 10.4. The Labute approximate surface area is 54.5 Å². The zero-order valence-corrected chi connectivity index (χ0v) is 6.30. The summed E-state index contributed by atoms with van der Waals surface area (Å²) in [4.78, 5) is 8.54. The number of hydrogen-bond donors (Lipinski definition) is 2. The van der Waals surface area contributed by atoms with E-state index in [0.717, 1.165) is 6.66 Å². The molecule has 0 aliphatic carbocycles. The highest BCUT2D eigenvalue weighted by atomic mass is 31.2. The summed E-state index contributed by atoms with van der Waals surface area (Å²) in [6.45, 7) is 1.91. The van der Waals surface area contributed by atoms with Crippen molar-refractivity contribution in [2.75, 3.05) is 19.8 Å². The van der Waals surface area contributed by atoms with Gasteiger partial charge in [0.2, 0.25) is 0 Å². The molecule has 0 aliphatic rings. The molecule has 0 heterocycles. The molecule has 0 aromatic rings. The van der Waals surface area contributed by atoms with Crippen molar-refractivity contribution < 1.29 is 14.0 Å². The number of rotatable bonds is 4. The van der Waals surface area contributed by atoms with Crippen LogP contribution < -0.4 is 5.73 Å². The molecule has 56 valence electrons. The molecule has 5 heteroatoms. The molecule has 0 aromatic carbocycles. The first kappa shape index (κ1) is 9.11. The van der Waals surface area contributed by atoms with Crippen molar-refractivity contribution >= 4 is 7.60 Å². The Kier molecular flexibility index (Phi) is 4.06. The minimum absolute atomic E-state index is 0.265. The van der Waals surface area contributed by atoms with Crippen molar-refractivity contribution in [2.45, 2.75) is 6.42 Å². The lowest BCUT2D eigenvalue weighted by molar-refractivity contribution is 0.263. The van der Waals surface area contributed by atoms with Crippen molar-refractivity contribution in [3.63, 3.8) is 0 Å². The van der Waals surface area contributed by atoms with E-state index < -0.39 is 7.60 Å². The van der Waals surface area contributed by atoms with Crippen LogP contribution in [-0.4, -0.2) is 24.7 Å². The average molecular weight is 153 g/mol. The Morgan fingerprint density at radius 2 is 2.33 bits per heavy atom. The van der Waals surface area contributed by atoms with E-state index in [9.17, 15) is 4.57 Å². The van der Waals surface area contributed by atoms with Crippen LogP contribution in [0.15, 0.2) is 0 Å². The maximum absolute atomic E-state index is 10.4. The fraction of sp³-hybridized carbons (Fsp3) is 1.00. The molecule has 0 saturated heterocycles. The molecule has 0 amide bonds. The molecular formula is C4H12NO3P. The molecule has 0 aliphatic heterocycles. The number of nitrogens with two attached hydrogens (primary N) is 1. The van der Waals surface area contributed by atoms with Gasteiger partial charge in [-0.3, -0.25) is 4.57 Å². The minimum atomic E-state index is -3.25. The first-order valence-corrected chi connectivity index (χ1v) is 4.73. The smallest absolute Gasteiger partial charge is 0.325 e. The second kappa shape index (κ2) is 4.01. The summed E-state index contributed by atoms with van der Waals surface area (Å²) >= 11 is 0. The summed E-state index contributed by atoms with van der Waals surface area (Å²) in [5.41, 5.74) is 5.11. The van der Waals surface area contributed by atoms with Gasteiger partial charge < -0.3 is 15.2 Å². The van der Waals surface area contributed by atoms with Crippen molar-refractivity contribution in [1.29, 1.82) is 0 Å². The molecule has 0 rings (SSSR count). The first-order chi connectivity index (χ1) is 4.06. The third-order valence-corrected chi connectivity index (χ3v) is 1.34. The van der Waals surface area contributed by atoms with E-state index in [2.05, 4.69) is 4.52 Å². The van der Waals surface area contributed by atoms with E-state index in [-0.39, 0.29) is 6.61 Å². The summed E-state index contributed by atoms with van der Waals surface area (Å²) in [5.74, 6) is 0. The summed E-state index contributed by atoms with van der Waals surface area (Å²) in [6.07, 6.45) is 0.623. The maximum Gasteiger partial charge on any atom is 0.325 e. The molecule has 1 unspecified atom stereocenters. The Morgan fingerprint density at radius 1 is 1.78 bits per heavy atom. The Balaban J connectivity index is 3.18. The molecule has 0 radical (unpaired) electrons. The first-order valence-electron chi connectivity index (χ1n) is 2.71. The summed E-state index contributed by atoms with van der Waals surface area (Å²) < 4.78 is 14.9. The highest BCUT2D eigenvalue weighted by Crippen LogP contribution is 2.36. The molecule has 0 aromatic heterocycles. The van der Waals surface area contributed by atoms with Crippen LogP contribution in [0.2, 0.25) is 0 Å². The van der Waals surface area contributed by atoms with Gasteiger partial charge in [0, 0.05) is 6.66 Å². The summed E-state index contributed by atoms with van der Waals surface area (Å²) in [6, 6.07) is 0. The Morgan fingerprint density at radius 3 is 2.67 bits per heavy atom. The average Bonchev–Trinajstić information content (AvgIpc) is 1.63. The quantitative estimate of drug-likeness (QED) is 0.446. The Bertz CT molecular complexity index is 110. The molecule has 0 fully saturated rings. The summed E-state index contributed by atoms with van der Waals surface area (Å²) in [5, 5.41) is 0. The van der Waals surface area contributed by atoms with Gasteiger partial charge in [-0.2, -0.15) is 0 Å². The van der Waals surface area contributed by atoms with E-state index in [1.165, 1.54) is 0 Å². The van der Waals surface area contributed by atoms with Crippen LogP contribution in [0.25, 0.3) is 0 Å². The van der Waals surface area contributed by atoms with Crippen molar-refractivity contribution in [3.05, 3.63) is 0 Å². The predicted molar refractivity (Wildman–Crippen MR) is 35.4 cm³/mol. The highest BCUT2D eigenvalue weighted by molar-refractivity contribution is 7.51. The van der Waals surface area contributed by atoms with Crippen LogP contribution in [0.3, 0.4) is 0 Å². The molecule has 0 spiro atoms. The molecule has 0 bridgehead atoms. The molecular weight excluding hydrogens is 141 g/mol. The lowest BCUT2D eigenvalue weighted by Gasteiger charge is -2.04. The molecule has 0 saturated carbocycles. The van der Waals surface area contributed by atoms with Crippen LogP contribution in [-0.2, 0) is 9.09 Å². The molecule has 4 nitrogen and oxygen atoms in total. The highest BCUT2D eigenvalue weighted by Gasteiger charge is 2.07. The van der Waals surface area contributed by atoms with Crippen LogP contribution in [0.4, 0.5) is 0 Å². The van der Waals surface area contributed by atoms with Gasteiger partial charge in [-0.25, -0.2) is 0 Å². The number of hydrogen-bond acceptors (Lipinski definition) is 3. The van der Waals surface area contributed by atoms with Gasteiger partial charge in [0.25, 0.3) is 0 Å². The van der Waals surface area contributed by atoms with E-state index >= 15 is 0 Å². The zero-order chi connectivity index (χ0) is 7.33. The van der Waals surface area contributed by atoms with Crippen LogP contribution in [0.1, 0.15) is 6.42 Å². The molecule has 1 atom stereocenters.